The molecule has 0 aliphatic heterocycles. The third-order valence-electron chi connectivity index (χ3n) is 0.968. The zero-order valence-corrected chi connectivity index (χ0v) is 6.16. The van der Waals surface area contributed by atoms with Crippen molar-refractivity contribution >= 4 is 0 Å². The summed E-state index contributed by atoms with van der Waals surface area (Å²) in [7, 11) is 1.84. The zero-order valence-electron chi connectivity index (χ0n) is 6.16. The van der Waals surface area contributed by atoms with Crippen molar-refractivity contribution in [1.82, 2.24) is 9.78 Å². The van der Waals surface area contributed by atoms with Gasteiger partial charge in [0, 0.05) is 19.3 Å². The fraction of sp³-hybridized carbons (Fsp3) is 0.286. The zero-order chi connectivity index (χ0) is 7.56. The van der Waals surface area contributed by atoms with E-state index < -0.39 is 0 Å². The summed E-state index contributed by atoms with van der Waals surface area (Å²) in [4.78, 5) is 0. The lowest BCUT2D eigenvalue weighted by Crippen LogP contribution is -1.91. The molecule has 1 rings (SSSR count). The number of nitrogens with zero attached hydrogens (tertiary/aromatic N) is 2. The van der Waals surface area contributed by atoms with Crippen LogP contribution in [0.2, 0.25) is 0 Å². The first-order valence-electron chi connectivity index (χ1n) is 3.01. The number of ether oxygens (including phenoxy) is 1. The molecule has 1 aromatic rings. The van der Waals surface area contributed by atoms with Crippen LogP contribution in [-0.4, -0.2) is 9.78 Å². The van der Waals surface area contributed by atoms with Crippen LogP contribution in [0.1, 0.15) is 6.92 Å². The van der Waals surface area contributed by atoms with E-state index in [1.807, 2.05) is 13.2 Å². The lowest BCUT2D eigenvalue weighted by atomic mass is 10.6. The van der Waals surface area contributed by atoms with Gasteiger partial charge in [-0.2, -0.15) is 0 Å². The number of hydrogen-bond acceptors (Lipinski definition) is 2. The average Bonchev–Trinajstić information content (AvgIpc) is 2.13. The second kappa shape index (κ2) is 2.56. The molecule has 0 aliphatic rings. The highest BCUT2D eigenvalue weighted by atomic mass is 16.5. The van der Waals surface area contributed by atoms with E-state index in [1.165, 1.54) is 0 Å². The molecule has 0 saturated carbocycles. The standard InChI is InChI=1S/C7H10N2O/c1-6(2)10-7-4-5-9(3)8-7/h4-5H,1H2,2-3H3. The Hall–Kier alpha value is -1.25. The Morgan fingerprint density at radius 1 is 1.80 bits per heavy atom. The number of hydrogen-bond donors (Lipinski definition) is 0. The van der Waals surface area contributed by atoms with Crippen molar-refractivity contribution < 1.29 is 4.74 Å². The maximum absolute atomic E-state index is 5.11. The minimum absolute atomic E-state index is 0.593. The van der Waals surface area contributed by atoms with Gasteiger partial charge in [-0.15, -0.1) is 5.10 Å². The van der Waals surface area contributed by atoms with Gasteiger partial charge in [0.05, 0.1) is 5.76 Å². The van der Waals surface area contributed by atoms with Gasteiger partial charge in [0.1, 0.15) is 0 Å². The van der Waals surface area contributed by atoms with E-state index >= 15 is 0 Å². The Kier molecular flexibility index (Phi) is 1.76. The van der Waals surface area contributed by atoms with Crippen molar-refractivity contribution in [2.24, 2.45) is 7.05 Å². The van der Waals surface area contributed by atoms with Crippen molar-refractivity contribution in [2.45, 2.75) is 6.92 Å². The van der Waals surface area contributed by atoms with Crippen molar-refractivity contribution in [1.29, 1.82) is 0 Å². The predicted molar refractivity (Wildman–Crippen MR) is 38.7 cm³/mol. The van der Waals surface area contributed by atoms with Gasteiger partial charge in [-0.1, -0.05) is 6.58 Å². The molecule has 0 amide bonds. The maximum atomic E-state index is 5.11. The van der Waals surface area contributed by atoms with Crippen LogP contribution in [0, 0.1) is 0 Å². The van der Waals surface area contributed by atoms with Crippen molar-refractivity contribution in [3.05, 3.63) is 24.6 Å². The van der Waals surface area contributed by atoms with Gasteiger partial charge in [0.15, 0.2) is 0 Å². The van der Waals surface area contributed by atoms with Crippen LogP contribution in [0.25, 0.3) is 0 Å². The summed E-state index contributed by atoms with van der Waals surface area (Å²) in [5.74, 6) is 1.24. The third kappa shape index (κ3) is 1.62. The van der Waals surface area contributed by atoms with Gasteiger partial charge < -0.3 is 4.74 Å². The van der Waals surface area contributed by atoms with E-state index in [1.54, 1.807) is 17.7 Å². The molecule has 54 valence electrons. The highest BCUT2D eigenvalue weighted by Crippen LogP contribution is 2.06. The first-order chi connectivity index (χ1) is 4.68. The van der Waals surface area contributed by atoms with E-state index in [0.717, 1.165) is 0 Å². The SMILES string of the molecule is C=C(C)Oc1ccn(C)n1. The van der Waals surface area contributed by atoms with E-state index in [0.29, 0.717) is 11.6 Å². The van der Waals surface area contributed by atoms with Crippen LogP contribution in [0.4, 0.5) is 0 Å². The van der Waals surface area contributed by atoms with E-state index in [2.05, 4.69) is 11.7 Å². The van der Waals surface area contributed by atoms with Gasteiger partial charge in [-0.3, -0.25) is 4.68 Å². The van der Waals surface area contributed by atoms with Crippen molar-refractivity contribution in [3.8, 4) is 5.88 Å². The Morgan fingerprint density at radius 3 is 2.90 bits per heavy atom. The summed E-state index contributed by atoms with van der Waals surface area (Å²) in [5, 5.41) is 3.98. The molecule has 0 radical (unpaired) electrons. The third-order valence-corrected chi connectivity index (χ3v) is 0.968. The lowest BCUT2D eigenvalue weighted by molar-refractivity contribution is 0.407. The molecular weight excluding hydrogens is 128 g/mol. The molecule has 0 spiro atoms. The number of aromatic nitrogens is 2. The smallest absolute Gasteiger partial charge is 0.237 e. The Labute approximate surface area is 59.9 Å². The molecule has 0 unspecified atom stereocenters. The summed E-state index contributed by atoms with van der Waals surface area (Å²) < 4.78 is 6.79. The Balaban J connectivity index is 2.67. The minimum atomic E-state index is 0.593. The molecule has 3 heteroatoms. The summed E-state index contributed by atoms with van der Waals surface area (Å²) in [5.41, 5.74) is 0. The fourth-order valence-electron chi connectivity index (χ4n) is 0.627. The first kappa shape index (κ1) is 6.86. The van der Waals surface area contributed by atoms with Gasteiger partial charge in [-0.05, 0) is 6.92 Å². The molecule has 1 aromatic heterocycles. The molecule has 3 nitrogen and oxygen atoms in total. The van der Waals surface area contributed by atoms with Crippen LogP contribution >= 0.6 is 0 Å². The van der Waals surface area contributed by atoms with Crippen molar-refractivity contribution in [2.75, 3.05) is 0 Å². The first-order valence-corrected chi connectivity index (χ1v) is 3.01. The molecule has 0 bridgehead atoms. The van der Waals surface area contributed by atoms with E-state index in [9.17, 15) is 0 Å². The van der Waals surface area contributed by atoms with E-state index in [-0.39, 0.29) is 0 Å². The second-order valence-corrected chi connectivity index (χ2v) is 2.13. The molecule has 0 N–H and O–H groups in total. The highest BCUT2D eigenvalue weighted by Gasteiger charge is 1.94. The number of allylic oxidation sites excluding steroid dienone is 1. The maximum Gasteiger partial charge on any atom is 0.237 e. The summed E-state index contributed by atoms with van der Waals surface area (Å²) >= 11 is 0. The van der Waals surface area contributed by atoms with E-state index in [4.69, 9.17) is 4.74 Å². The van der Waals surface area contributed by atoms with Gasteiger partial charge in [0.2, 0.25) is 5.88 Å². The largest absolute Gasteiger partial charge is 0.443 e. The Bertz CT molecular complexity index is 240. The van der Waals surface area contributed by atoms with Gasteiger partial charge in [-0.25, -0.2) is 0 Å². The van der Waals surface area contributed by atoms with Crippen LogP contribution < -0.4 is 4.74 Å². The fourth-order valence-corrected chi connectivity index (χ4v) is 0.627. The van der Waals surface area contributed by atoms with Crippen molar-refractivity contribution in [3.63, 3.8) is 0 Å². The molecule has 0 fully saturated rings. The molecule has 10 heavy (non-hydrogen) atoms. The summed E-state index contributed by atoms with van der Waals surface area (Å²) in [6.45, 7) is 5.37. The topological polar surface area (TPSA) is 27.1 Å². The lowest BCUT2D eigenvalue weighted by Gasteiger charge is -1.96. The summed E-state index contributed by atoms with van der Waals surface area (Å²) in [6.07, 6.45) is 1.82. The molecule has 0 atom stereocenters. The monoisotopic (exact) mass is 138 g/mol. The van der Waals surface area contributed by atoms with Crippen LogP contribution in [0.15, 0.2) is 24.6 Å². The average molecular weight is 138 g/mol. The molecule has 1 heterocycles. The second-order valence-electron chi connectivity index (χ2n) is 2.13. The normalized spacial score (nSPS) is 9.40. The highest BCUT2D eigenvalue weighted by molar-refractivity contribution is 5.08. The quantitative estimate of drug-likeness (QED) is 0.576. The van der Waals surface area contributed by atoms with Crippen LogP contribution in [0.3, 0.4) is 0 Å². The Morgan fingerprint density at radius 2 is 2.50 bits per heavy atom. The summed E-state index contributed by atoms with van der Waals surface area (Å²) in [6, 6.07) is 1.79. The van der Waals surface area contributed by atoms with Crippen LogP contribution in [0.5, 0.6) is 5.88 Å². The number of rotatable bonds is 2. The molecule has 0 saturated heterocycles. The number of aryl methyl sites for hydroxylation is 1. The van der Waals surface area contributed by atoms with Crippen LogP contribution in [-0.2, 0) is 7.05 Å². The van der Waals surface area contributed by atoms with Gasteiger partial charge >= 0.3 is 0 Å². The van der Waals surface area contributed by atoms with Gasteiger partial charge in [0.25, 0.3) is 0 Å². The molecule has 0 aliphatic carbocycles. The molecular formula is C7H10N2O. The predicted octanol–water partition coefficient (Wildman–Crippen LogP) is 1.33. The minimum Gasteiger partial charge on any atom is -0.443 e. The molecule has 0 aromatic carbocycles.